The maximum Gasteiger partial charge on any atom is 0.223 e. The van der Waals surface area contributed by atoms with Crippen molar-refractivity contribution in [2.24, 2.45) is 0 Å². The number of hydrogen-bond donors (Lipinski definition) is 3. The third-order valence-electron chi connectivity index (χ3n) is 6.20. The summed E-state index contributed by atoms with van der Waals surface area (Å²) in [7, 11) is 0. The largest absolute Gasteiger partial charge is 0.390 e. The van der Waals surface area contributed by atoms with Crippen LogP contribution in [-0.2, 0) is 33.7 Å². The molecule has 1 fully saturated rings. The van der Waals surface area contributed by atoms with Gasteiger partial charge in [-0.2, -0.15) is 0 Å². The fourth-order valence-corrected chi connectivity index (χ4v) is 4.20. The number of carbonyl (C=O) groups excluding carboxylic acids is 2. The standard InChI is InChI=1S/C27H35F2N3O4/c1-2-19-4-3-5-20(12-19)17-30-18-25(33)24(15-21-13-22(28)16-23(29)14-21)31-26(34)6-7-27(35)32-8-10-36-11-9-32/h3-5,12-14,16,24-25,30,33H,2,6-11,15,17-18H2,1H3,(H,31,34)/t24-,25+/m0/s1. The molecule has 2 aromatic rings. The molecule has 7 nitrogen and oxygen atoms in total. The number of halogens is 2. The fraction of sp³-hybridized carbons (Fsp3) is 0.481. The number of aliphatic hydroxyl groups is 1. The van der Waals surface area contributed by atoms with Crippen LogP contribution < -0.4 is 10.6 Å². The van der Waals surface area contributed by atoms with Gasteiger partial charge in [0.2, 0.25) is 11.8 Å². The van der Waals surface area contributed by atoms with Gasteiger partial charge in [-0.05, 0) is 41.7 Å². The number of morpholine rings is 1. The molecule has 9 heteroatoms. The second-order valence-electron chi connectivity index (χ2n) is 9.02. The van der Waals surface area contributed by atoms with E-state index >= 15 is 0 Å². The second-order valence-corrected chi connectivity index (χ2v) is 9.02. The van der Waals surface area contributed by atoms with Crippen LogP contribution in [0.2, 0.25) is 0 Å². The van der Waals surface area contributed by atoms with Gasteiger partial charge in [0, 0.05) is 45.1 Å². The minimum absolute atomic E-state index is 0.0337. The number of carbonyl (C=O) groups is 2. The van der Waals surface area contributed by atoms with Crippen LogP contribution in [0.25, 0.3) is 0 Å². The van der Waals surface area contributed by atoms with Crippen molar-refractivity contribution < 1.29 is 28.2 Å². The lowest BCUT2D eigenvalue weighted by Gasteiger charge is -2.27. The lowest BCUT2D eigenvalue weighted by Crippen LogP contribution is -2.49. The van der Waals surface area contributed by atoms with Crippen molar-refractivity contribution in [3.8, 4) is 0 Å². The maximum absolute atomic E-state index is 13.7. The van der Waals surface area contributed by atoms with Crippen LogP contribution in [0.5, 0.6) is 0 Å². The molecule has 2 atom stereocenters. The third-order valence-corrected chi connectivity index (χ3v) is 6.20. The highest BCUT2D eigenvalue weighted by atomic mass is 19.1. The topological polar surface area (TPSA) is 90.9 Å². The zero-order valence-electron chi connectivity index (χ0n) is 20.6. The van der Waals surface area contributed by atoms with Crippen molar-refractivity contribution in [3.63, 3.8) is 0 Å². The summed E-state index contributed by atoms with van der Waals surface area (Å²) in [5.74, 6) is -1.99. The number of amides is 2. The Balaban J connectivity index is 1.58. The Morgan fingerprint density at radius 3 is 2.42 bits per heavy atom. The molecule has 196 valence electrons. The van der Waals surface area contributed by atoms with Gasteiger partial charge in [-0.1, -0.05) is 31.2 Å². The van der Waals surface area contributed by atoms with Gasteiger partial charge < -0.3 is 25.4 Å². The smallest absolute Gasteiger partial charge is 0.223 e. The Bertz CT molecular complexity index is 994. The first kappa shape index (κ1) is 27.7. The molecule has 3 rings (SSSR count). The van der Waals surface area contributed by atoms with Gasteiger partial charge in [-0.15, -0.1) is 0 Å². The Labute approximate surface area is 210 Å². The number of aliphatic hydroxyl groups excluding tert-OH is 1. The molecule has 2 aromatic carbocycles. The highest BCUT2D eigenvalue weighted by molar-refractivity contribution is 5.84. The second kappa shape index (κ2) is 14.0. The lowest BCUT2D eigenvalue weighted by atomic mass is 10.00. The Kier molecular flexibility index (Phi) is 10.8. The summed E-state index contributed by atoms with van der Waals surface area (Å²) in [5, 5.41) is 16.8. The van der Waals surface area contributed by atoms with E-state index in [0.717, 1.165) is 18.1 Å². The van der Waals surface area contributed by atoms with Gasteiger partial charge in [0.05, 0.1) is 25.4 Å². The maximum atomic E-state index is 13.7. The van der Waals surface area contributed by atoms with E-state index < -0.39 is 29.7 Å². The van der Waals surface area contributed by atoms with E-state index in [1.807, 2.05) is 18.2 Å². The minimum atomic E-state index is -1.02. The van der Waals surface area contributed by atoms with Crippen molar-refractivity contribution in [3.05, 3.63) is 70.8 Å². The molecule has 2 amide bonds. The SMILES string of the molecule is CCc1cccc(CNC[C@@H](O)[C@H](Cc2cc(F)cc(F)c2)NC(=O)CCC(=O)N2CCOCC2)c1. The van der Waals surface area contributed by atoms with Gasteiger partial charge in [-0.3, -0.25) is 9.59 Å². The summed E-state index contributed by atoms with van der Waals surface area (Å²) in [6.45, 7) is 4.71. The first-order valence-corrected chi connectivity index (χ1v) is 12.4. The average molecular weight is 504 g/mol. The summed E-state index contributed by atoms with van der Waals surface area (Å²) in [6, 6.07) is 10.4. The molecular formula is C27H35F2N3O4. The fourth-order valence-electron chi connectivity index (χ4n) is 4.20. The normalized spacial score (nSPS) is 15.4. The van der Waals surface area contributed by atoms with Gasteiger partial charge in [0.15, 0.2) is 0 Å². The minimum Gasteiger partial charge on any atom is -0.390 e. The molecule has 1 heterocycles. The van der Waals surface area contributed by atoms with Crippen LogP contribution in [0.3, 0.4) is 0 Å². The molecule has 1 aliphatic rings. The number of aryl methyl sites for hydroxylation is 1. The average Bonchev–Trinajstić information content (AvgIpc) is 2.87. The molecule has 0 saturated carbocycles. The zero-order chi connectivity index (χ0) is 25.9. The quantitative estimate of drug-likeness (QED) is 0.414. The molecule has 3 N–H and O–H groups in total. The molecule has 0 unspecified atom stereocenters. The first-order chi connectivity index (χ1) is 17.3. The molecular weight excluding hydrogens is 468 g/mol. The third kappa shape index (κ3) is 8.96. The summed E-state index contributed by atoms with van der Waals surface area (Å²) in [6.07, 6.45) is -0.0809. The van der Waals surface area contributed by atoms with Crippen molar-refractivity contribution in [1.29, 1.82) is 0 Å². The summed E-state index contributed by atoms with van der Waals surface area (Å²) >= 11 is 0. The molecule has 0 aliphatic carbocycles. The Hall–Kier alpha value is -2.88. The van der Waals surface area contributed by atoms with E-state index in [9.17, 15) is 23.5 Å². The van der Waals surface area contributed by atoms with Crippen LogP contribution in [0.15, 0.2) is 42.5 Å². The van der Waals surface area contributed by atoms with Crippen LogP contribution in [0.4, 0.5) is 8.78 Å². The monoisotopic (exact) mass is 503 g/mol. The predicted octanol–water partition coefficient (Wildman–Crippen LogP) is 2.34. The van der Waals surface area contributed by atoms with Crippen LogP contribution in [-0.4, -0.2) is 66.8 Å². The van der Waals surface area contributed by atoms with E-state index in [4.69, 9.17) is 4.74 Å². The van der Waals surface area contributed by atoms with Crippen molar-refractivity contribution in [1.82, 2.24) is 15.5 Å². The van der Waals surface area contributed by atoms with E-state index in [0.29, 0.717) is 38.4 Å². The number of nitrogens with one attached hydrogen (secondary N) is 2. The van der Waals surface area contributed by atoms with Crippen molar-refractivity contribution in [2.75, 3.05) is 32.8 Å². The van der Waals surface area contributed by atoms with Gasteiger partial charge in [0.25, 0.3) is 0 Å². The number of rotatable bonds is 12. The zero-order valence-corrected chi connectivity index (χ0v) is 20.6. The Morgan fingerprint density at radius 1 is 1.03 bits per heavy atom. The molecule has 0 spiro atoms. The number of nitrogens with zero attached hydrogens (tertiary/aromatic N) is 1. The molecule has 0 bridgehead atoms. The summed E-state index contributed by atoms with van der Waals surface area (Å²) < 4.78 is 32.7. The lowest BCUT2D eigenvalue weighted by molar-refractivity contribution is -0.137. The van der Waals surface area contributed by atoms with Crippen molar-refractivity contribution in [2.45, 2.75) is 51.3 Å². The van der Waals surface area contributed by atoms with Crippen LogP contribution in [0, 0.1) is 11.6 Å². The Morgan fingerprint density at radius 2 is 1.72 bits per heavy atom. The van der Waals surface area contributed by atoms with Crippen LogP contribution >= 0.6 is 0 Å². The molecule has 1 aliphatic heterocycles. The molecule has 1 saturated heterocycles. The molecule has 36 heavy (non-hydrogen) atoms. The summed E-state index contributed by atoms with van der Waals surface area (Å²) in [5.41, 5.74) is 2.59. The van der Waals surface area contributed by atoms with E-state index in [2.05, 4.69) is 23.6 Å². The molecule has 0 radical (unpaired) electrons. The van der Waals surface area contributed by atoms with E-state index in [1.54, 1.807) is 4.90 Å². The highest BCUT2D eigenvalue weighted by Gasteiger charge is 2.24. The first-order valence-electron chi connectivity index (χ1n) is 12.4. The number of benzene rings is 2. The highest BCUT2D eigenvalue weighted by Crippen LogP contribution is 2.13. The van der Waals surface area contributed by atoms with Crippen LogP contribution in [0.1, 0.15) is 36.5 Å². The predicted molar refractivity (Wildman–Crippen MR) is 132 cm³/mol. The molecule has 0 aromatic heterocycles. The number of ether oxygens (including phenoxy) is 1. The van der Waals surface area contributed by atoms with E-state index in [-0.39, 0.29) is 31.7 Å². The van der Waals surface area contributed by atoms with Gasteiger partial charge in [-0.25, -0.2) is 8.78 Å². The van der Waals surface area contributed by atoms with Crippen molar-refractivity contribution >= 4 is 11.8 Å². The summed E-state index contributed by atoms with van der Waals surface area (Å²) in [4.78, 5) is 26.7. The van der Waals surface area contributed by atoms with Gasteiger partial charge >= 0.3 is 0 Å². The number of hydrogen-bond acceptors (Lipinski definition) is 5. The van der Waals surface area contributed by atoms with Gasteiger partial charge in [0.1, 0.15) is 11.6 Å². The van der Waals surface area contributed by atoms with E-state index in [1.165, 1.54) is 17.7 Å².